The van der Waals surface area contributed by atoms with Crippen LogP contribution in [0.5, 0.6) is 0 Å². The van der Waals surface area contributed by atoms with Crippen LogP contribution in [0.15, 0.2) is 36.4 Å². The van der Waals surface area contributed by atoms with Gasteiger partial charge in [0.2, 0.25) is 5.95 Å². The topological polar surface area (TPSA) is 42.0 Å². The fourth-order valence-corrected chi connectivity index (χ4v) is 1.75. The minimum absolute atomic E-state index is 0.121. The van der Waals surface area contributed by atoms with Gasteiger partial charge in [-0.1, -0.05) is 17.7 Å². The molecule has 0 bridgehead atoms. The SMILES string of the molecule is O=C(Nc1ccc(Cl)cc1C(F)(F)F)c1cccc(F)n1. The number of amides is 1. The second-order valence-corrected chi connectivity index (χ2v) is 4.42. The maximum absolute atomic E-state index is 12.9. The van der Waals surface area contributed by atoms with Crippen molar-refractivity contribution in [3.8, 4) is 0 Å². The van der Waals surface area contributed by atoms with Crippen molar-refractivity contribution < 1.29 is 22.4 Å². The molecule has 0 fully saturated rings. The first-order chi connectivity index (χ1) is 9.77. The molecule has 1 amide bonds. The molecule has 0 saturated heterocycles. The minimum Gasteiger partial charge on any atom is -0.320 e. The molecule has 0 radical (unpaired) electrons. The Bertz CT molecular complexity index is 688. The summed E-state index contributed by atoms with van der Waals surface area (Å²) in [6.07, 6.45) is -4.69. The van der Waals surface area contributed by atoms with Gasteiger partial charge >= 0.3 is 6.18 Å². The number of alkyl halides is 3. The monoisotopic (exact) mass is 318 g/mol. The highest BCUT2D eigenvalue weighted by Gasteiger charge is 2.34. The third kappa shape index (κ3) is 3.69. The number of rotatable bonds is 2. The number of carbonyl (C=O) groups is 1. The first-order valence-electron chi connectivity index (χ1n) is 5.58. The molecule has 0 aliphatic carbocycles. The Morgan fingerprint density at radius 3 is 2.52 bits per heavy atom. The standard InChI is InChI=1S/C13H7ClF4N2O/c14-7-4-5-9(8(6-7)13(16,17)18)20-12(21)10-2-1-3-11(15)19-10/h1-6H,(H,20,21). The quantitative estimate of drug-likeness (QED) is 0.668. The van der Waals surface area contributed by atoms with Gasteiger partial charge < -0.3 is 5.32 Å². The van der Waals surface area contributed by atoms with Crippen LogP contribution in [0.3, 0.4) is 0 Å². The van der Waals surface area contributed by atoms with E-state index in [1.54, 1.807) is 0 Å². The van der Waals surface area contributed by atoms with Crippen molar-refractivity contribution in [2.24, 2.45) is 0 Å². The zero-order chi connectivity index (χ0) is 15.6. The largest absolute Gasteiger partial charge is 0.418 e. The van der Waals surface area contributed by atoms with E-state index in [1.165, 1.54) is 18.2 Å². The highest BCUT2D eigenvalue weighted by atomic mass is 35.5. The number of pyridine rings is 1. The van der Waals surface area contributed by atoms with E-state index in [1.807, 2.05) is 5.32 Å². The van der Waals surface area contributed by atoms with Gasteiger partial charge in [-0.25, -0.2) is 4.98 Å². The number of halogens is 5. The molecule has 0 spiro atoms. The van der Waals surface area contributed by atoms with Crippen molar-refractivity contribution in [3.63, 3.8) is 0 Å². The Labute approximate surface area is 121 Å². The third-order valence-corrected chi connectivity index (χ3v) is 2.72. The lowest BCUT2D eigenvalue weighted by Crippen LogP contribution is -2.18. The zero-order valence-electron chi connectivity index (χ0n) is 10.2. The summed E-state index contributed by atoms with van der Waals surface area (Å²) in [5, 5.41) is 1.92. The third-order valence-electron chi connectivity index (χ3n) is 2.48. The first-order valence-corrected chi connectivity index (χ1v) is 5.96. The van der Waals surface area contributed by atoms with Crippen LogP contribution >= 0.6 is 11.6 Å². The van der Waals surface area contributed by atoms with Gasteiger partial charge in [0.15, 0.2) is 0 Å². The highest BCUT2D eigenvalue weighted by molar-refractivity contribution is 6.30. The van der Waals surface area contributed by atoms with Crippen molar-refractivity contribution in [1.82, 2.24) is 4.98 Å². The average molecular weight is 319 g/mol. The Kier molecular flexibility index (Phi) is 4.13. The molecular formula is C13H7ClF4N2O. The molecule has 0 unspecified atom stereocenters. The molecule has 2 aromatic rings. The summed E-state index contributed by atoms with van der Waals surface area (Å²) in [6, 6.07) is 6.33. The fourth-order valence-electron chi connectivity index (χ4n) is 1.58. The van der Waals surface area contributed by atoms with Gasteiger partial charge in [-0.05, 0) is 30.3 Å². The van der Waals surface area contributed by atoms with E-state index in [2.05, 4.69) is 4.98 Å². The maximum atomic E-state index is 12.9. The van der Waals surface area contributed by atoms with Crippen molar-refractivity contribution in [3.05, 3.63) is 58.6 Å². The van der Waals surface area contributed by atoms with Gasteiger partial charge in [-0.2, -0.15) is 17.6 Å². The lowest BCUT2D eigenvalue weighted by molar-refractivity contribution is -0.136. The molecule has 110 valence electrons. The van der Waals surface area contributed by atoms with Crippen molar-refractivity contribution >= 4 is 23.2 Å². The normalized spacial score (nSPS) is 11.3. The summed E-state index contributed by atoms with van der Waals surface area (Å²) < 4.78 is 51.5. The van der Waals surface area contributed by atoms with Crippen LogP contribution in [-0.4, -0.2) is 10.9 Å². The number of benzene rings is 1. The first kappa shape index (κ1) is 15.2. The summed E-state index contributed by atoms with van der Waals surface area (Å²) in [5.41, 5.74) is -1.92. The van der Waals surface area contributed by atoms with Crippen LogP contribution in [0.4, 0.5) is 23.2 Å². The van der Waals surface area contributed by atoms with Gasteiger partial charge in [0.25, 0.3) is 5.91 Å². The number of carbonyl (C=O) groups excluding carboxylic acids is 1. The molecule has 0 aliphatic rings. The molecule has 8 heteroatoms. The summed E-state index contributed by atoms with van der Waals surface area (Å²) in [7, 11) is 0. The molecular weight excluding hydrogens is 312 g/mol. The second-order valence-electron chi connectivity index (χ2n) is 3.99. The predicted octanol–water partition coefficient (Wildman–Crippen LogP) is 4.15. The number of anilines is 1. The summed E-state index contributed by atoms with van der Waals surface area (Å²) in [6.45, 7) is 0. The predicted molar refractivity (Wildman–Crippen MR) is 68.6 cm³/mol. The van der Waals surface area contributed by atoms with Gasteiger partial charge in [0.1, 0.15) is 5.69 Å². The van der Waals surface area contributed by atoms with Gasteiger partial charge in [-0.3, -0.25) is 4.79 Å². The molecule has 0 saturated carbocycles. The average Bonchev–Trinajstić information content (AvgIpc) is 2.39. The Morgan fingerprint density at radius 2 is 1.90 bits per heavy atom. The van der Waals surface area contributed by atoms with Crippen LogP contribution in [0, 0.1) is 5.95 Å². The van der Waals surface area contributed by atoms with E-state index in [9.17, 15) is 22.4 Å². The number of hydrogen-bond donors (Lipinski definition) is 1. The van der Waals surface area contributed by atoms with E-state index in [0.717, 1.165) is 12.1 Å². The molecule has 0 atom stereocenters. The fraction of sp³-hybridized carbons (Fsp3) is 0.0769. The lowest BCUT2D eigenvalue weighted by atomic mass is 10.1. The molecule has 2 rings (SSSR count). The summed E-state index contributed by atoms with van der Waals surface area (Å²) in [4.78, 5) is 15.1. The zero-order valence-corrected chi connectivity index (χ0v) is 11.0. The lowest BCUT2D eigenvalue weighted by Gasteiger charge is -2.14. The highest BCUT2D eigenvalue weighted by Crippen LogP contribution is 2.36. The van der Waals surface area contributed by atoms with Crippen LogP contribution in [0.2, 0.25) is 5.02 Å². The van der Waals surface area contributed by atoms with Gasteiger partial charge in [-0.15, -0.1) is 0 Å². The molecule has 3 nitrogen and oxygen atoms in total. The number of aromatic nitrogens is 1. The Hall–Kier alpha value is -2.15. The number of hydrogen-bond acceptors (Lipinski definition) is 2. The van der Waals surface area contributed by atoms with Crippen molar-refractivity contribution in [1.29, 1.82) is 0 Å². The van der Waals surface area contributed by atoms with Gasteiger partial charge in [0, 0.05) is 5.02 Å². The van der Waals surface area contributed by atoms with Crippen molar-refractivity contribution in [2.75, 3.05) is 5.32 Å². The van der Waals surface area contributed by atoms with Crippen LogP contribution in [0.25, 0.3) is 0 Å². The van der Waals surface area contributed by atoms with E-state index in [4.69, 9.17) is 11.6 Å². The van der Waals surface area contributed by atoms with E-state index < -0.39 is 29.3 Å². The summed E-state index contributed by atoms with van der Waals surface area (Å²) in [5.74, 6) is -1.86. The molecule has 0 aliphatic heterocycles. The number of nitrogens with one attached hydrogen (secondary N) is 1. The second kappa shape index (κ2) is 5.69. The molecule has 1 N–H and O–H groups in total. The van der Waals surface area contributed by atoms with Crippen LogP contribution in [0.1, 0.15) is 16.1 Å². The molecule has 21 heavy (non-hydrogen) atoms. The van der Waals surface area contributed by atoms with E-state index in [-0.39, 0.29) is 10.7 Å². The van der Waals surface area contributed by atoms with Crippen molar-refractivity contribution in [2.45, 2.75) is 6.18 Å². The van der Waals surface area contributed by atoms with Crippen LogP contribution < -0.4 is 5.32 Å². The Balaban J connectivity index is 2.34. The Morgan fingerprint density at radius 1 is 1.19 bits per heavy atom. The molecule has 1 aromatic carbocycles. The van der Waals surface area contributed by atoms with E-state index in [0.29, 0.717) is 6.07 Å². The smallest absolute Gasteiger partial charge is 0.320 e. The maximum Gasteiger partial charge on any atom is 0.418 e. The van der Waals surface area contributed by atoms with Gasteiger partial charge in [0.05, 0.1) is 11.3 Å². The van der Waals surface area contributed by atoms with Crippen LogP contribution in [-0.2, 0) is 6.18 Å². The minimum atomic E-state index is -4.69. The molecule has 1 heterocycles. The number of nitrogens with zero attached hydrogens (tertiary/aromatic N) is 1. The summed E-state index contributed by atoms with van der Waals surface area (Å²) >= 11 is 5.52. The van der Waals surface area contributed by atoms with E-state index >= 15 is 0 Å². The molecule has 1 aromatic heterocycles.